The van der Waals surface area contributed by atoms with Crippen molar-refractivity contribution in [2.24, 2.45) is 0 Å². The molecule has 0 amide bonds. The molecule has 0 fully saturated rings. The van der Waals surface area contributed by atoms with Crippen molar-refractivity contribution in [3.63, 3.8) is 0 Å². The second-order valence-electron chi connectivity index (χ2n) is 2.34. The Kier molecular flexibility index (Phi) is 7.33. The predicted molar refractivity (Wildman–Crippen MR) is 45.4 cm³/mol. The van der Waals surface area contributed by atoms with Gasteiger partial charge in [0.2, 0.25) is 6.29 Å². The van der Waals surface area contributed by atoms with Gasteiger partial charge in [0.25, 0.3) is 0 Å². The summed E-state index contributed by atoms with van der Waals surface area (Å²) in [5, 5.41) is 0. The Balaban J connectivity index is 3.60. The van der Waals surface area contributed by atoms with E-state index < -0.39 is 12.4 Å². The first-order valence-corrected chi connectivity index (χ1v) is 4.09. The Morgan fingerprint density at radius 1 is 1.38 bits per heavy atom. The van der Waals surface area contributed by atoms with Crippen molar-refractivity contribution >= 4 is 6.16 Å². The van der Waals surface area contributed by atoms with Crippen LogP contribution in [-0.4, -0.2) is 39.9 Å². The van der Waals surface area contributed by atoms with Crippen LogP contribution in [0.15, 0.2) is 0 Å². The Labute approximate surface area is 77.9 Å². The van der Waals surface area contributed by atoms with E-state index in [1.807, 2.05) is 6.92 Å². The minimum atomic E-state index is -0.731. The molecule has 0 aromatic rings. The summed E-state index contributed by atoms with van der Waals surface area (Å²) in [6.07, 6.45) is -0.670. The molecule has 1 atom stereocenters. The summed E-state index contributed by atoms with van der Waals surface area (Å²) < 4.78 is 18.9. The van der Waals surface area contributed by atoms with Gasteiger partial charge in [-0.3, -0.25) is 0 Å². The van der Waals surface area contributed by atoms with E-state index in [2.05, 4.69) is 4.74 Å². The van der Waals surface area contributed by atoms with Crippen LogP contribution in [0.4, 0.5) is 4.79 Å². The second-order valence-corrected chi connectivity index (χ2v) is 2.34. The first-order chi connectivity index (χ1) is 6.24. The number of rotatable bonds is 6. The molecule has 0 aliphatic carbocycles. The van der Waals surface area contributed by atoms with Crippen LogP contribution in [0.3, 0.4) is 0 Å². The Bertz CT molecular complexity index is 136. The summed E-state index contributed by atoms with van der Waals surface area (Å²) in [7, 11) is 2.92. The molecule has 5 heteroatoms. The quantitative estimate of drug-likeness (QED) is 0.467. The fourth-order valence-corrected chi connectivity index (χ4v) is 0.613. The fourth-order valence-electron chi connectivity index (χ4n) is 0.613. The summed E-state index contributed by atoms with van der Waals surface area (Å²) in [5.41, 5.74) is 0. The number of methoxy groups -OCH3 is 2. The minimum absolute atomic E-state index is 0.192. The molecule has 78 valence electrons. The maximum atomic E-state index is 10.9. The predicted octanol–water partition coefficient (Wildman–Crippen LogP) is 1.17. The molecule has 0 aliphatic heterocycles. The van der Waals surface area contributed by atoms with E-state index in [1.54, 1.807) is 0 Å². The molecule has 0 saturated carbocycles. The average molecular weight is 192 g/mol. The van der Waals surface area contributed by atoms with Crippen LogP contribution in [0.1, 0.15) is 13.3 Å². The van der Waals surface area contributed by atoms with Crippen LogP contribution in [-0.2, 0) is 18.9 Å². The number of ether oxygens (including phenoxy) is 4. The van der Waals surface area contributed by atoms with Crippen molar-refractivity contribution in [1.29, 1.82) is 0 Å². The molecule has 0 heterocycles. The molecule has 0 radical (unpaired) electrons. The van der Waals surface area contributed by atoms with E-state index in [9.17, 15) is 4.79 Å². The molecule has 0 bridgehead atoms. The summed E-state index contributed by atoms with van der Waals surface area (Å²) in [6.45, 7) is 2.44. The molecule has 0 aromatic heterocycles. The van der Waals surface area contributed by atoms with E-state index >= 15 is 0 Å². The smallest absolute Gasteiger partial charge is 0.434 e. The Morgan fingerprint density at radius 2 is 2.08 bits per heavy atom. The van der Waals surface area contributed by atoms with Gasteiger partial charge in [-0.05, 0) is 6.42 Å². The lowest BCUT2D eigenvalue weighted by Crippen LogP contribution is -2.25. The maximum absolute atomic E-state index is 10.9. The monoisotopic (exact) mass is 192 g/mol. The zero-order valence-electron chi connectivity index (χ0n) is 8.24. The van der Waals surface area contributed by atoms with Crippen LogP contribution < -0.4 is 0 Å². The Hall–Kier alpha value is -0.810. The first-order valence-electron chi connectivity index (χ1n) is 4.09. The van der Waals surface area contributed by atoms with Crippen LogP contribution >= 0.6 is 0 Å². The lowest BCUT2D eigenvalue weighted by molar-refractivity contribution is -0.131. The molecule has 0 spiro atoms. The highest BCUT2D eigenvalue weighted by Crippen LogP contribution is 1.97. The Morgan fingerprint density at radius 3 is 2.54 bits per heavy atom. The third-order valence-corrected chi connectivity index (χ3v) is 1.22. The highest BCUT2D eigenvalue weighted by atomic mass is 16.8. The molecule has 5 nitrogen and oxygen atoms in total. The topological polar surface area (TPSA) is 54.0 Å². The molecule has 0 saturated heterocycles. The van der Waals surface area contributed by atoms with Crippen LogP contribution in [0.5, 0.6) is 0 Å². The lowest BCUT2D eigenvalue weighted by atomic mass is 10.5. The van der Waals surface area contributed by atoms with Crippen molar-refractivity contribution in [1.82, 2.24) is 0 Å². The van der Waals surface area contributed by atoms with Crippen molar-refractivity contribution in [2.45, 2.75) is 19.6 Å². The van der Waals surface area contributed by atoms with Gasteiger partial charge in [0.15, 0.2) is 0 Å². The molecule has 0 rings (SSSR count). The van der Waals surface area contributed by atoms with Crippen molar-refractivity contribution in [3.05, 3.63) is 0 Å². The molecular formula is C8H16O5. The van der Waals surface area contributed by atoms with Crippen molar-refractivity contribution in [2.75, 3.05) is 27.4 Å². The maximum Gasteiger partial charge on any atom is 0.510 e. The fraction of sp³-hybridized carbons (Fsp3) is 0.875. The third-order valence-electron chi connectivity index (χ3n) is 1.22. The molecule has 0 N–H and O–H groups in total. The molecule has 0 aliphatic rings. The van der Waals surface area contributed by atoms with E-state index in [1.165, 1.54) is 14.2 Å². The number of hydrogen-bond acceptors (Lipinski definition) is 5. The largest absolute Gasteiger partial charge is 0.510 e. The summed E-state index contributed by atoms with van der Waals surface area (Å²) in [5.74, 6) is 0. The van der Waals surface area contributed by atoms with Gasteiger partial charge in [0, 0.05) is 14.2 Å². The van der Waals surface area contributed by atoms with Crippen LogP contribution in [0, 0.1) is 0 Å². The third kappa shape index (κ3) is 6.36. The molecule has 13 heavy (non-hydrogen) atoms. The number of hydrogen-bond donors (Lipinski definition) is 0. The lowest BCUT2D eigenvalue weighted by Gasteiger charge is -2.14. The van der Waals surface area contributed by atoms with Crippen LogP contribution in [0.25, 0.3) is 0 Å². The van der Waals surface area contributed by atoms with Gasteiger partial charge >= 0.3 is 6.16 Å². The van der Waals surface area contributed by atoms with Gasteiger partial charge in [0.1, 0.15) is 6.61 Å². The molecule has 0 aromatic carbocycles. The number of carbonyl (C=O) groups excluding carboxylic acids is 1. The van der Waals surface area contributed by atoms with Gasteiger partial charge in [-0.1, -0.05) is 6.92 Å². The number of carbonyl (C=O) groups is 1. The highest BCUT2D eigenvalue weighted by Gasteiger charge is 2.13. The van der Waals surface area contributed by atoms with E-state index in [0.717, 1.165) is 6.42 Å². The van der Waals surface area contributed by atoms with Crippen molar-refractivity contribution < 1.29 is 23.7 Å². The van der Waals surface area contributed by atoms with Gasteiger partial charge in [-0.15, -0.1) is 0 Å². The van der Waals surface area contributed by atoms with E-state index in [0.29, 0.717) is 6.61 Å². The van der Waals surface area contributed by atoms with Gasteiger partial charge in [0.05, 0.1) is 6.61 Å². The molecule has 1 unspecified atom stereocenters. The van der Waals surface area contributed by atoms with Crippen molar-refractivity contribution in [3.8, 4) is 0 Å². The normalized spacial score (nSPS) is 12.2. The standard InChI is InChI=1S/C8H16O5/c1-4-5-12-8(9)13-7(11-3)6-10-2/h7H,4-6H2,1-3H3. The summed E-state index contributed by atoms with van der Waals surface area (Å²) >= 11 is 0. The summed E-state index contributed by atoms with van der Waals surface area (Å²) in [4.78, 5) is 10.9. The SMILES string of the molecule is CCCOC(=O)OC(COC)OC. The zero-order valence-corrected chi connectivity index (χ0v) is 8.24. The summed E-state index contributed by atoms with van der Waals surface area (Å²) in [6, 6.07) is 0. The second kappa shape index (κ2) is 7.82. The first kappa shape index (κ1) is 12.2. The minimum Gasteiger partial charge on any atom is -0.434 e. The van der Waals surface area contributed by atoms with E-state index in [4.69, 9.17) is 14.2 Å². The zero-order chi connectivity index (χ0) is 10.1. The average Bonchev–Trinajstić information content (AvgIpc) is 2.14. The molecular weight excluding hydrogens is 176 g/mol. The van der Waals surface area contributed by atoms with Gasteiger partial charge < -0.3 is 18.9 Å². The van der Waals surface area contributed by atoms with Gasteiger partial charge in [-0.2, -0.15) is 0 Å². The highest BCUT2D eigenvalue weighted by molar-refractivity contribution is 5.59. The van der Waals surface area contributed by atoms with E-state index in [-0.39, 0.29) is 6.61 Å². The van der Waals surface area contributed by atoms with Gasteiger partial charge in [-0.25, -0.2) is 4.79 Å². The van der Waals surface area contributed by atoms with Crippen LogP contribution in [0.2, 0.25) is 0 Å².